The molecular weight excluding hydrogens is 288 g/mol. The van der Waals surface area contributed by atoms with E-state index in [9.17, 15) is 8.42 Å². The van der Waals surface area contributed by atoms with Crippen LogP contribution in [0.4, 0.5) is 5.69 Å². The number of hydrogen-bond acceptors (Lipinski definition) is 5. The topological polar surface area (TPSA) is 88.3 Å². The van der Waals surface area contributed by atoms with Crippen molar-refractivity contribution in [1.29, 1.82) is 0 Å². The Balaban J connectivity index is 1.96. The Morgan fingerprint density at radius 3 is 2.81 bits per heavy atom. The molecule has 2 fully saturated rings. The molecule has 6 nitrogen and oxygen atoms in total. The van der Waals surface area contributed by atoms with Crippen LogP contribution in [0.25, 0.3) is 0 Å². The molecule has 2 atom stereocenters. The second-order valence-corrected chi connectivity index (χ2v) is 7.75. The molecule has 0 aromatic carbocycles. The zero-order valence-corrected chi connectivity index (χ0v) is 12.8. The van der Waals surface area contributed by atoms with E-state index in [4.69, 9.17) is 5.84 Å². The van der Waals surface area contributed by atoms with E-state index < -0.39 is 10.0 Å². The predicted molar refractivity (Wildman–Crippen MR) is 80.9 cm³/mol. The summed E-state index contributed by atoms with van der Waals surface area (Å²) in [5.74, 6) is 5.96. The molecule has 21 heavy (non-hydrogen) atoms. The summed E-state index contributed by atoms with van der Waals surface area (Å²) in [7, 11) is -3.55. The highest BCUT2D eigenvalue weighted by atomic mass is 32.2. The summed E-state index contributed by atoms with van der Waals surface area (Å²) in [6, 6.07) is 1.73. The van der Waals surface area contributed by atoms with Crippen LogP contribution in [-0.2, 0) is 10.0 Å². The van der Waals surface area contributed by atoms with Gasteiger partial charge in [0, 0.05) is 25.0 Å². The van der Waals surface area contributed by atoms with E-state index in [0.29, 0.717) is 18.2 Å². The van der Waals surface area contributed by atoms with E-state index >= 15 is 0 Å². The zero-order valence-electron chi connectivity index (χ0n) is 12.0. The Kier molecular flexibility index (Phi) is 4.14. The second kappa shape index (κ2) is 5.90. The van der Waals surface area contributed by atoms with Crippen molar-refractivity contribution in [3.05, 3.63) is 18.5 Å². The standard InChI is InChI=1S/C14H22N4O2S/c15-17-12-7-8-16-10-14(12)21(19,20)18-9-3-5-11-4-1-2-6-13(11)18/h7-8,10-11,13H,1-6,9,15H2,(H,16,17)/t11-,13-/m1/s1. The largest absolute Gasteiger partial charge is 0.323 e. The maximum atomic E-state index is 13.0. The molecule has 1 aromatic heterocycles. The van der Waals surface area contributed by atoms with Crippen LogP contribution in [0.5, 0.6) is 0 Å². The molecule has 2 aliphatic rings. The number of piperidine rings is 1. The first kappa shape index (κ1) is 14.7. The molecule has 116 valence electrons. The number of nitrogens with one attached hydrogen (secondary N) is 1. The fraction of sp³-hybridized carbons (Fsp3) is 0.643. The normalized spacial score (nSPS) is 27.1. The summed E-state index contributed by atoms with van der Waals surface area (Å²) in [4.78, 5) is 4.14. The van der Waals surface area contributed by atoms with Gasteiger partial charge in [-0.05, 0) is 37.7 Å². The third kappa shape index (κ3) is 2.65. The fourth-order valence-electron chi connectivity index (χ4n) is 3.71. The molecule has 0 radical (unpaired) electrons. The SMILES string of the molecule is NNc1ccncc1S(=O)(=O)N1CCC[C@H]2CCCC[C@H]21. The average Bonchev–Trinajstić information content (AvgIpc) is 2.54. The third-order valence-electron chi connectivity index (χ3n) is 4.72. The number of rotatable bonds is 3. The lowest BCUT2D eigenvalue weighted by Gasteiger charge is -2.43. The van der Waals surface area contributed by atoms with Gasteiger partial charge in [0.2, 0.25) is 10.0 Å². The number of aromatic nitrogens is 1. The molecule has 7 heteroatoms. The molecule has 1 saturated carbocycles. The molecule has 0 amide bonds. The number of pyridine rings is 1. The lowest BCUT2D eigenvalue weighted by molar-refractivity contribution is 0.129. The molecule has 0 bridgehead atoms. The molecule has 2 heterocycles. The number of nitrogens with two attached hydrogens (primary N) is 1. The Morgan fingerprint density at radius 2 is 2.00 bits per heavy atom. The van der Waals surface area contributed by atoms with Gasteiger partial charge in [-0.15, -0.1) is 0 Å². The van der Waals surface area contributed by atoms with Crippen LogP contribution in [0.15, 0.2) is 23.4 Å². The van der Waals surface area contributed by atoms with Crippen molar-refractivity contribution < 1.29 is 8.42 Å². The molecule has 1 saturated heterocycles. The molecule has 0 spiro atoms. The van der Waals surface area contributed by atoms with Crippen LogP contribution in [0, 0.1) is 5.92 Å². The Bertz CT molecular complexity index is 603. The van der Waals surface area contributed by atoms with Gasteiger partial charge < -0.3 is 5.43 Å². The molecule has 1 aliphatic heterocycles. The summed E-state index contributed by atoms with van der Waals surface area (Å²) >= 11 is 0. The number of sulfonamides is 1. The molecule has 1 aliphatic carbocycles. The summed E-state index contributed by atoms with van der Waals surface area (Å²) in [5, 5.41) is 0. The Hall–Kier alpha value is -1.18. The van der Waals surface area contributed by atoms with Crippen LogP contribution < -0.4 is 11.3 Å². The maximum absolute atomic E-state index is 13.0. The summed E-state index contributed by atoms with van der Waals surface area (Å²) in [6.45, 7) is 0.600. The van der Waals surface area contributed by atoms with Gasteiger partial charge in [-0.25, -0.2) is 8.42 Å². The minimum atomic E-state index is -3.55. The molecule has 3 rings (SSSR count). The lowest BCUT2D eigenvalue weighted by Crippen LogP contribution is -2.49. The average molecular weight is 310 g/mol. The van der Waals surface area contributed by atoms with E-state index in [-0.39, 0.29) is 10.9 Å². The predicted octanol–water partition coefficient (Wildman–Crippen LogP) is 1.71. The van der Waals surface area contributed by atoms with E-state index in [1.165, 1.54) is 18.8 Å². The Morgan fingerprint density at radius 1 is 1.24 bits per heavy atom. The van der Waals surface area contributed by atoms with Crippen molar-refractivity contribution in [2.24, 2.45) is 11.8 Å². The monoisotopic (exact) mass is 310 g/mol. The van der Waals surface area contributed by atoms with Gasteiger partial charge in [-0.1, -0.05) is 12.8 Å². The van der Waals surface area contributed by atoms with Gasteiger partial charge in [0.05, 0.1) is 5.69 Å². The molecular formula is C14H22N4O2S. The minimum Gasteiger partial charge on any atom is -0.323 e. The van der Waals surface area contributed by atoms with E-state index in [2.05, 4.69) is 10.4 Å². The van der Waals surface area contributed by atoms with Gasteiger partial charge in [-0.2, -0.15) is 4.31 Å². The fourth-order valence-corrected chi connectivity index (χ4v) is 5.56. The first-order valence-electron chi connectivity index (χ1n) is 7.57. The van der Waals surface area contributed by atoms with Crippen LogP contribution >= 0.6 is 0 Å². The smallest absolute Gasteiger partial charge is 0.246 e. The van der Waals surface area contributed by atoms with Gasteiger partial charge in [0.15, 0.2) is 0 Å². The molecule has 3 N–H and O–H groups in total. The summed E-state index contributed by atoms with van der Waals surface area (Å²) in [5.41, 5.74) is 2.87. The zero-order chi connectivity index (χ0) is 14.9. The van der Waals surface area contributed by atoms with Crippen molar-refractivity contribution in [3.63, 3.8) is 0 Å². The van der Waals surface area contributed by atoms with Crippen molar-refractivity contribution in [2.45, 2.75) is 49.5 Å². The highest BCUT2D eigenvalue weighted by molar-refractivity contribution is 7.89. The third-order valence-corrected chi connectivity index (χ3v) is 6.67. The highest BCUT2D eigenvalue weighted by Crippen LogP contribution is 2.38. The Labute approximate surface area is 125 Å². The first-order valence-corrected chi connectivity index (χ1v) is 9.01. The quantitative estimate of drug-likeness (QED) is 0.655. The van der Waals surface area contributed by atoms with Crippen LogP contribution in [-0.4, -0.2) is 30.3 Å². The van der Waals surface area contributed by atoms with Crippen LogP contribution in [0.2, 0.25) is 0 Å². The van der Waals surface area contributed by atoms with Crippen molar-refractivity contribution in [1.82, 2.24) is 9.29 Å². The summed E-state index contributed by atoms with van der Waals surface area (Å²) < 4.78 is 27.7. The van der Waals surface area contributed by atoms with Gasteiger partial charge in [0.1, 0.15) is 4.90 Å². The number of anilines is 1. The first-order chi connectivity index (χ1) is 10.1. The number of nitrogen functional groups attached to an aromatic ring is 1. The molecule has 1 aromatic rings. The van der Waals surface area contributed by atoms with Gasteiger partial charge in [-0.3, -0.25) is 10.8 Å². The number of fused-ring (bicyclic) bond motifs is 1. The lowest BCUT2D eigenvalue weighted by atomic mass is 9.79. The van der Waals surface area contributed by atoms with Crippen LogP contribution in [0.3, 0.4) is 0 Å². The van der Waals surface area contributed by atoms with Crippen molar-refractivity contribution >= 4 is 15.7 Å². The van der Waals surface area contributed by atoms with Gasteiger partial charge >= 0.3 is 0 Å². The van der Waals surface area contributed by atoms with E-state index in [1.54, 1.807) is 10.4 Å². The van der Waals surface area contributed by atoms with E-state index in [1.807, 2.05) is 0 Å². The summed E-state index contributed by atoms with van der Waals surface area (Å²) in [6.07, 6.45) is 9.45. The number of nitrogens with zero attached hydrogens (tertiary/aromatic N) is 2. The molecule has 0 unspecified atom stereocenters. The maximum Gasteiger partial charge on any atom is 0.246 e. The minimum absolute atomic E-state index is 0.142. The van der Waals surface area contributed by atoms with Crippen molar-refractivity contribution in [3.8, 4) is 0 Å². The van der Waals surface area contributed by atoms with Crippen LogP contribution in [0.1, 0.15) is 38.5 Å². The number of hydrogen-bond donors (Lipinski definition) is 2. The highest BCUT2D eigenvalue weighted by Gasteiger charge is 2.40. The van der Waals surface area contributed by atoms with Gasteiger partial charge in [0.25, 0.3) is 0 Å². The second-order valence-electron chi connectivity index (χ2n) is 5.89. The van der Waals surface area contributed by atoms with E-state index in [0.717, 1.165) is 32.1 Å². The number of hydrazine groups is 1. The van der Waals surface area contributed by atoms with Crippen molar-refractivity contribution in [2.75, 3.05) is 12.0 Å².